The molecule has 0 aliphatic carbocycles. The van der Waals surface area contributed by atoms with Gasteiger partial charge in [-0.1, -0.05) is 0 Å². The Kier molecular flexibility index (Phi) is 23.0. The van der Waals surface area contributed by atoms with Crippen molar-refractivity contribution < 1.29 is 57.4 Å². The first-order valence-corrected chi connectivity index (χ1v) is 20.8. The van der Waals surface area contributed by atoms with E-state index < -0.39 is 5.97 Å². The number of carbonyl (C=O) groups excluding carboxylic acids is 3. The summed E-state index contributed by atoms with van der Waals surface area (Å²) in [5.41, 5.74) is 10.6. The highest BCUT2D eigenvalue weighted by Crippen LogP contribution is 2.30. The highest BCUT2D eigenvalue weighted by Gasteiger charge is 2.18. The van der Waals surface area contributed by atoms with Gasteiger partial charge in [0.1, 0.15) is 36.9 Å². The van der Waals surface area contributed by atoms with Crippen LogP contribution in [0, 0.1) is 13.8 Å². The Bertz CT molecular complexity index is 2080. The first-order valence-electron chi connectivity index (χ1n) is 20.8. The number of nitrogens with one attached hydrogen (secondary N) is 3. The van der Waals surface area contributed by atoms with E-state index in [0.717, 1.165) is 24.1 Å². The third-order valence-electron chi connectivity index (χ3n) is 9.25. The maximum Gasteiger partial charge on any atom is 0.329 e. The van der Waals surface area contributed by atoms with Crippen molar-refractivity contribution >= 4 is 40.8 Å². The molecule has 0 fully saturated rings. The first kappa shape index (κ1) is 52.4. The van der Waals surface area contributed by atoms with Gasteiger partial charge in [0.2, 0.25) is 0 Å². The zero-order valence-corrected chi connectivity index (χ0v) is 38.3. The van der Waals surface area contributed by atoms with E-state index in [4.69, 9.17) is 44.0 Å². The van der Waals surface area contributed by atoms with Crippen LogP contribution in [0.4, 0.5) is 17.1 Å². The zero-order valence-electron chi connectivity index (χ0n) is 38.3. The molecule has 3 heterocycles. The van der Waals surface area contributed by atoms with Crippen LogP contribution in [0.15, 0.2) is 48.9 Å². The molecular weight excluding hydrogens is 833 g/mol. The summed E-state index contributed by atoms with van der Waals surface area (Å²) in [4.78, 5) is 50.2. The van der Waals surface area contributed by atoms with Crippen LogP contribution in [0.2, 0.25) is 0 Å². The number of carbonyl (C=O) groups is 4. The summed E-state index contributed by atoms with van der Waals surface area (Å²) in [6, 6.07) is 8.67. The Morgan fingerprint density at radius 2 is 1.06 bits per heavy atom. The number of carboxylic acid groups (broad SMARTS) is 1. The van der Waals surface area contributed by atoms with Crippen LogP contribution in [0.5, 0.6) is 11.5 Å². The number of aliphatic carboxylic acids is 1. The lowest BCUT2D eigenvalue weighted by atomic mass is 10.1. The van der Waals surface area contributed by atoms with Gasteiger partial charge in [0, 0.05) is 53.4 Å². The van der Waals surface area contributed by atoms with Gasteiger partial charge in [-0.05, 0) is 82.4 Å². The number of aromatic nitrogens is 3. The molecule has 0 bridgehead atoms. The molecule has 354 valence electrons. The van der Waals surface area contributed by atoms with Gasteiger partial charge in [-0.25, -0.2) is 4.79 Å². The van der Waals surface area contributed by atoms with E-state index in [-0.39, 0.29) is 30.9 Å². The molecule has 4 aromatic rings. The topological polar surface area (TPSA) is 233 Å². The molecule has 0 saturated carbocycles. The molecule has 0 aliphatic rings. The van der Waals surface area contributed by atoms with Gasteiger partial charge in [-0.3, -0.25) is 14.4 Å². The molecule has 0 saturated heterocycles. The normalized spacial score (nSPS) is 11.0. The van der Waals surface area contributed by atoms with Crippen molar-refractivity contribution in [3.8, 4) is 11.5 Å². The molecule has 1 aromatic carbocycles. The third kappa shape index (κ3) is 18.8. The van der Waals surface area contributed by atoms with Crippen LogP contribution in [0.1, 0.15) is 49.0 Å². The summed E-state index contributed by atoms with van der Waals surface area (Å²) >= 11 is 0. The van der Waals surface area contributed by atoms with Crippen LogP contribution in [-0.2, 0) is 49.6 Å². The highest BCUT2D eigenvalue weighted by atomic mass is 16.6. The molecule has 3 amide bonds. The Morgan fingerprint density at radius 1 is 0.625 bits per heavy atom. The van der Waals surface area contributed by atoms with E-state index in [1.807, 2.05) is 40.1 Å². The summed E-state index contributed by atoms with van der Waals surface area (Å²) < 4.78 is 42.5. The minimum Gasteiger partial charge on any atom is -0.487 e. The first-order chi connectivity index (χ1) is 30.6. The van der Waals surface area contributed by atoms with Crippen LogP contribution in [0.25, 0.3) is 0 Å². The number of carboxylic acids is 1. The molecule has 0 radical (unpaired) electrons. The standard InChI is InChI=1S/C23H32N8O3.C21H34O9/c1-28(2)8-6-7-25-21(32)19-10-16(13-30(19)4)27-23(34)20-11-17(14-31(20)5)26-22(33)18-9-15(24)12-29(18)3;1-17-14-19(29-12-10-26-7-6-25-5-4-24-3)20(15-18(17)2)30-13-11-27-8-9-28-16-21(22)23/h9-14H,6-8,24H2,1-5H3,(H,25,32)(H,26,33)(H,27,34);14-15H,4-13,16H2,1-3H3,(H,22,23). The van der Waals surface area contributed by atoms with Crippen molar-refractivity contribution in [1.29, 1.82) is 0 Å². The molecule has 6 N–H and O–H groups in total. The fourth-order valence-corrected chi connectivity index (χ4v) is 5.86. The molecule has 20 nitrogen and oxygen atoms in total. The second-order valence-electron chi connectivity index (χ2n) is 14.9. The molecule has 4 rings (SSSR count). The number of nitrogen functional groups attached to an aromatic ring is 1. The van der Waals surface area contributed by atoms with Crippen molar-refractivity contribution in [2.75, 3.05) is 123 Å². The van der Waals surface area contributed by atoms with E-state index >= 15 is 0 Å². The number of hydrogen-bond acceptors (Lipinski definition) is 13. The predicted molar refractivity (Wildman–Crippen MR) is 242 cm³/mol. The van der Waals surface area contributed by atoms with E-state index in [1.165, 1.54) is 0 Å². The fourth-order valence-electron chi connectivity index (χ4n) is 5.86. The lowest BCUT2D eigenvalue weighted by molar-refractivity contribution is -0.142. The van der Waals surface area contributed by atoms with Crippen molar-refractivity contribution in [2.24, 2.45) is 21.1 Å². The number of aryl methyl sites for hydroxylation is 5. The second-order valence-corrected chi connectivity index (χ2v) is 14.9. The van der Waals surface area contributed by atoms with Gasteiger partial charge in [-0.2, -0.15) is 0 Å². The van der Waals surface area contributed by atoms with Crippen LogP contribution >= 0.6 is 0 Å². The molecule has 0 aliphatic heterocycles. The van der Waals surface area contributed by atoms with E-state index in [2.05, 4.69) is 20.9 Å². The maximum absolute atomic E-state index is 12.8. The molecular formula is C44H66N8O12. The van der Waals surface area contributed by atoms with Crippen molar-refractivity contribution in [3.05, 3.63) is 77.1 Å². The number of anilines is 3. The van der Waals surface area contributed by atoms with Crippen LogP contribution < -0.4 is 31.2 Å². The number of methoxy groups -OCH3 is 1. The third-order valence-corrected chi connectivity index (χ3v) is 9.25. The lowest BCUT2D eigenvalue weighted by Crippen LogP contribution is -2.28. The summed E-state index contributed by atoms with van der Waals surface area (Å²) in [6.45, 7) is 9.35. The molecule has 3 aromatic heterocycles. The number of amides is 3. The average molecular weight is 899 g/mol. The summed E-state index contributed by atoms with van der Waals surface area (Å²) in [5.74, 6) is -0.599. The highest BCUT2D eigenvalue weighted by molar-refractivity contribution is 6.07. The number of nitrogens with two attached hydrogens (primary N) is 1. The zero-order chi connectivity index (χ0) is 47.0. The van der Waals surface area contributed by atoms with E-state index in [0.29, 0.717) is 112 Å². The molecule has 0 spiro atoms. The summed E-state index contributed by atoms with van der Waals surface area (Å²) in [7, 11) is 10.8. The number of ether oxygens (including phenoxy) is 7. The number of benzene rings is 1. The SMILES string of the molecule is CN(C)CCCNC(=O)c1cc(NC(=O)c2cc(NC(=O)c3cc(N)cn3C)cn2C)cn1C.COCCOCCOCCOc1cc(C)c(C)cc1OCCOCCOCC(=O)O. The Morgan fingerprint density at radius 3 is 1.52 bits per heavy atom. The quantitative estimate of drug-likeness (QED) is 0.0515. The van der Waals surface area contributed by atoms with Crippen molar-refractivity contribution in [2.45, 2.75) is 20.3 Å². The molecule has 0 unspecified atom stereocenters. The van der Waals surface area contributed by atoms with Crippen molar-refractivity contribution in [1.82, 2.24) is 23.9 Å². The maximum atomic E-state index is 12.8. The van der Waals surface area contributed by atoms with Crippen LogP contribution in [-0.4, -0.2) is 154 Å². The van der Waals surface area contributed by atoms with Crippen molar-refractivity contribution in [3.63, 3.8) is 0 Å². The van der Waals surface area contributed by atoms with E-state index in [9.17, 15) is 19.2 Å². The smallest absolute Gasteiger partial charge is 0.329 e. The van der Waals surface area contributed by atoms with Gasteiger partial charge in [0.25, 0.3) is 17.7 Å². The number of hydrogen-bond donors (Lipinski definition) is 5. The van der Waals surface area contributed by atoms with Gasteiger partial charge in [0.05, 0.1) is 69.9 Å². The Labute approximate surface area is 374 Å². The van der Waals surface area contributed by atoms with Gasteiger partial charge >= 0.3 is 5.97 Å². The summed E-state index contributed by atoms with van der Waals surface area (Å²) in [6.07, 6.45) is 5.82. The Balaban J connectivity index is 0.000000344. The Hall–Kier alpha value is -5.90. The molecule has 20 heteroatoms. The largest absolute Gasteiger partial charge is 0.487 e. The monoisotopic (exact) mass is 898 g/mol. The van der Waals surface area contributed by atoms with E-state index in [1.54, 1.807) is 78.7 Å². The van der Waals surface area contributed by atoms with Gasteiger partial charge in [0.15, 0.2) is 11.5 Å². The fraction of sp³-hybridized carbons (Fsp3) is 0.500. The predicted octanol–water partition coefficient (Wildman–Crippen LogP) is 3.33. The van der Waals surface area contributed by atoms with Gasteiger partial charge in [-0.15, -0.1) is 0 Å². The average Bonchev–Trinajstić information content (AvgIpc) is 3.91. The molecule has 0 atom stereocenters. The molecule has 64 heavy (non-hydrogen) atoms. The number of rotatable bonds is 28. The minimum atomic E-state index is -0.999. The summed E-state index contributed by atoms with van der Waals surface area (Å²) in [5, 5.41) is 16.9. The number of nitrogens with zero attached hydrogens (tertiary/aromatic N) is 4. The minimum absolute atomic E-state index is 0.202. The second kappa shape index (κ2) is 28.0. The van der Waals surface area contributed by atoms with Gasteiger partial charge < -0.3 is 78.5 Å². The lowest BCUT2D eigenvalue weighted by Gasteiger charge is -2.15. The van der Waals surface area contributed by atoms with Crippen LogP contribution in [0.3, 0.4) is 0 Å².